The normalized spacial score (nSPS) is 14.0. The quantitative estimate of drug-likeness (QED) is 0.835. The average molecular weight is 273 g/mol. The molecule has 0 heterocycles. The summed E-state index contributed by atoms with van der Waals surface area (Å²) in [7, 11) is 0. The number of aliphatic hydroxyl groups is 1. The smallest absolute Gasteiger partial charge is 0.387 e. The van der Waals surface area contributed by atoms with Crippen molar-refractivity contribution in [3.8, 4) is 5.75 Å². The molecule has 0 bridgehead atoms. The number of para-hydroxylation sites is 1. The van der Waals surface area contributed by atoms with Crippen molar-refractivity contribution >= 4 is 5.91 Å². The largest absolute Gasteiger partial charge is 0.434 e. The van der Waals surface area contributed by atoms with Crippen LogP contribution in [-0.2, 0) is 0 Å². The maximum Gasteiger partial charge on any atom is 0.387 e. The van der Waals surface area contributed by atoms with E-state index in [1.807, 2.05) is 0 Å². The molecular formula is C13H17F2NO3. The fraction of sp³-hybridized carbons (Fsp3) is 0.462. The van der Waals surface area contributed by atoms with Gasteiger partial charge in [-0.3, -0.25) is 4.79 Å². The molecule has 1 aromatic carbocycles. The van der Waals surface area contributed by atoms with Gasteiger partial charge in [-0.05, 0) is 25.5 Å². The van der Waals surface area contributed by atoms with Crippen LogP contribution < -0.4 is 10.1 Å². The van der Waals surface area contributed by atoms with Crippen molar-refractivity contribution in [3.63, 3.8) is 0 Å². The summed E-state index contributed by atoms with van der Waals surface area (Å²) in [6.45, 7) is 0.396. The molecule has 6 heteroatoms. The Kier molecular flexibility index (Phi) is 5.23. The van der Waals surface area contributed by atoms with Gasteiger partial charge in [0.15, 0.2) is 0 Å². The molecule has 4 nitrogen and oxygen atoms in total. The van der Waals surface area contributed by atoms with Crippen LogP contribution in [-0.4, -0.2) is 29.8 Å². The van der Waals surface area contributed by atoms with Gasteiger partial charge < -0.3 is 15.2 Å². The predicted molar refractivity (Wildman–Crippen MR) is 66.3 cm³/mol. The number of carbonyl (C=O) groups excluding carboxylic acids is 1. The van der Waals surface area contributed by atoms with Gasteiger partial charge in [0.25, 0.3) is 5.91 Å². The van der Waals surface area contributed by atoms with Crippen LogP contribution in [0.3, 0.4) is 0 Å². The van der Waals surface area contributed by atoms with Crippen LogP contribution in [0, 0.1) is 0 Å². The van der Waals surface area contributed by atoms with E-state index in [1.54, 1.807) is 19.9 Å². The minimum atomic E-state index is -2.99. The minimum absolute atomic E-state index is 0.00898. The van der Waals surface area contributed by atoms with Crippen molar-refractivity contribution in [3.05, 3.63) is 29.8 Å². The first kappa shape index (κ1) is 15.4. The second kappa shape index (κ2) is 6.47. The molecule has 0 aliphatic carbocycles. The molecule has 0 saturated heterocycles. The lowest BCUT2D eigenvalue weighted by Crippen LogP contribution is -2.40. The van der Waals surface area contributed by atoms with E-state index in [1.165, 1.54) is 18.2 Å². The Hall–Kier alpha value is -1.69. The van der Waals surface area contributed by atoms with E-state index in [0.717, 1.165) is 0 Å². The number of nitrogens with one attached hydrogen (secondary N) is 1. The van der Waals surface area contributed by atoms with E-state index in [-0.39, 0.29) is 17.9 Å². The first-order valence-electron chi connectivity index (χ1n) is 5.90. The van der Waals surface area contributed by atoms with E-state index in [9.17, 15) is 18.7 Å². The van der Waals surface area contributed by atoms with Crippen LogP contribution in [0.4, 0.5) is 8.78 Å². The summed E-state index contributed by atoms with van der Waals surface area (Å²) < 4.78 is 28.7. The molecular weight excluding hydrogens is 256 g/mol. The molecule has 106 valence electrons. The van der Waals surface area contributed by atoms with Crippen molar-refractivity contribution in [1.82, 2.24) is 5.32 Å². The number of ether oxygens (including phenoxy) is 1. The van der Waals surface area contributed by atoms with E-state index >= 15 is 0 Å². The topological polar surface area (TPSA) is 58.6 Å². The third-order valence-corrected chi connectivity index (χ3v) is 2.74. The number of carbonyl (C=O) groups is 1. The third kappa shape index (κ3) is 4.82. The van der Waals surface area contributed by atoms with Crippen LogP contribution in [0.15, 0.2) is 24.3 Å². The van der Waals surface area contributed by atoms with Gasteiger partial charge in [0.1, 0.15) is 5.75 Å². The van der Waals surface area contributed by atoms with Crippen LogP contribution in [0.5, 0.6) is 5.75 Å². The molecule has 1 amide bonds. The summed E-state index contributed by atoms with van der Waals surface area (Å²) in [4.78, 5) is 11.9. The summed E-state index contributed by atoms with van der Waals surface area (Å²) in [6, 6.07) is 5.72. The zero-order valence-electron chi connectivity index (χ0n) is 10.8. The van der Waals surface area contributed by atoms with E-state index in [4.69, 9.17) is 0 Å². The number of alkyl halides is 2. The lowest BCUT2D eigenvalue weighted by Gasteiger charge is -2.21. The average Bonchev–Trinajstić information content (AvgIpc) is 2.36. The molecule has 0 aromatic heterocycles. The highest BCUT2D eigenvalue weighted by molar-refractivity contribution is 5.96. The van der Waals surface area contributed by atoms with Crippen LogP contribution >= 0.6 is 0 Å². The molecule has 1 rings (SSSR count). The fourth-order valence-corrected chi connectivity index (χ4v) is 1.34. The van der Waals surface area contributed by atoms with Crippen molar-refractivity contribution in [2.45, 2.75) is 32.5 Å². The van der Waals surface area contributed by atoms with Gasteiger partial charge in [-0.15, -0.1) is 0 Å². The molecule has 1 unspecified atom stereocenters. The summed E-state index contributed by atoms with van der Waals surface area (Å²) in [6.07, 6.45) is 0.461. The van der Waals surface area contributed by atoms with Crippen LogP contribution in [0.2, 0.25) is 0 Å². The molecule has 0 aliphatic heterocycles. The molecule has 2 N–H and O–H groups in total. The molecule has 1 atom stereocenters. The first-order valence-corrected chi connectivity index (χ1v) is 5.90. The van der Waals surface area contributed by atoms with Gasteiger partial charge in [-0.1, -0.05) is 19.1 Å². The summed E-state index contributed by atoms with van der Waals surface area (Å²) in [5.74, 6) is -0.754. The first-order chi connectivity index (χ1) is 8.85. The van der Waals surface area contributed by atoms with Gasteiger partial charge in [0.05, 0.1) is 11.2 Å². The Labute approximate surface area is 110 Å². The molecule has 1 aromatic rings. The maximum absolute atomic E-state index is 12.2. The highest BCUT2D eigenvalue weighted by Crippen LogP contribution is 2.20. The predicted octanol–water partition coefficient (Wildman–Crippen LogP) is 2.18. The number of halogens is 2. The maximum atomic E-state index is 12.2. The highest BCUT2D eigenvalue weighted by Gasteiger charge is 2.20. The molecule has 0 aliphatic rings. The van der Waals surface area contributed by atoms with E-state index in [2.05, 4.69) is 10.1 Å². The zero-order chi connectivity index (χ0) is 14.5. The number of amides is 1. The van der Waals surface area contributed by atoms with E-state index < -0.39 is 18.1 Å². The zero-order valence-corrected chi connectivity index (χ0v) is 10.8. The van der Waals surface area contributed by atoms with Crippen LogP contribution in [0.1, 0.15) is 30.6 Å². The Bertz CT molecular complexity index is 436. The molecule has 0 fully saturated rings. The summed E-state index contributed by atoms with van der Waals surface area (Å²) in [5, 5.41) is 12.3. The third-order valence-electron chi connectivity index (χ3n) is 2.74. The van der Waals surface area contributed by atoms with Crippen LogP contribution in [0.25, 0.3) is 0 Å². The van der Waals surface area contributed by atoms with Gasteiger partial charge in [-0.25, -0.2) is 0 Å². The Morgan fingerprint density at radius 1 is 1.47 bits per heavy atom. The second-order valence-electron chi connectivity index (χ2n) is 4.41. The fourth-order valence-electron chi connectivity index (χ4n) is 1.34. The van der Waals surface area contributed by atoms with Gasteiger partial charge in [-0.2, -0.15) is 8.78 Å². The number of hydrogen-bond donors (Lipinski definition) is 2. The number of rotatable bonds is 6. The van der Waals surface area contributed by atoms with Crippen molar-refractivity contribution < 1.29 is 23.4 Å². The Morgan fingerprint density at radius 2 is 2.11 bits per heavy atom. The Balaban J connectivity index is 2.77. The monoisotopic (exact) mass is 273 g/mol. The number of benzene rings is 1. The number of hydrogen-bond acceptors (Lipinski definition) is 3. The molecule has 19 heavy (non-hydrogen) atoms. The summed E-state index contributed by atoms with van der Waals surface area (Å²) in [5.41, 5.74) is -1.02. The highest BCUT2D eigenvalue weighted by atomic mass is 19.3. The lowest BCUT2D eigenvalue weighted by atomic mass is 10.0. The van der Waals surface area contributed by atoms with E-state index in [0.29, 0.717) is 6.42 Å². The molecule has 0 spiro atoms. The minimum Gasteiger partial charge on any atom is -0.434 e. The summed E-state index contributed by atoms with van der Waals surface area (Å²) >= 11 is 0. The lowest BCUT2D eigenvalue weighted by molar-refractivity contribution is -0.0502. The Morgan fingerprint density at radius 3 is 2.68 bits per heavy atom. The SMILES string of the molecule is CCC(C)(O)CNC(=O)c1ccccc1OC(F)F. The van der Waals surface area contributed by atoms with Gasteiger partial charge in [0.2, 0.25) is 0 Å². The van der Waals surface area contributed by atoms with Crippen molar-refractivity contribution in [2.75, 3.05) is 6.54 Å². The molecule has 0 saturated carbocycles. The van der Waals surface area contributed by atoms with Crippen molar-refractivity contribution in [2.24, 2.45) is 0 Å². The second-order valence-corrected chi connectivity index (χ2v) is 4.41. The molecule has 0 radical (unpaired) electrons. The van der Waals surface area contributed by atoms with Crippen molar-refractivity contribution in [1.29, 1.82) is 0 Å². The standard InChI is InChI=1S/C13H17F2NO3/c1-3-13(2,18)8-16-11(17)9-6-4-5-7-10(9)19-12(14)15/h4-7,12,18H,3,8H2,1-2H3,(H,16,17). The van der Waals surface area contributed by atoms with Gasteiger partial charge in [0, 0.05) is 6.54 Å². The van der Waals surface area contributed by atoms with Gasteiger partial charge >= 0.3 is 6.61 Å².